The first-order chi connectivity index (χ1) is 10.0. The summed E-state index contributed by atoms with van der Waals surface area (Å²) in [5.74, 6) is -1.40. The average Bonchev–Trinajstić information content (AvgIpc) is 2.92. The third-order valence-corrected chi connectivity index (χ3v) is 4.95. The highest BCUT2D eigenvalue weighted by Crippen LogP contribution is 2.60. The molecule has 0 unspecified atom stereocenters. The average molecular weight is 397 g/mol. The zero-order chi connectivity index (χ0) is 16.7. The number of carbonyl (C=O) groups excluding carboxylic acids is 1. The fourth-order valence-electron chi connectivity index (χ4n) is 2.51. The lowest BCUT2D eigenvalue weighted by Gasteiger charge is -2.07. The van der Waals surface area contributed by atoms with Gasteiger partial charge in [-0.15, -0.1) is 0 Å². The highest BCUT2D eigenvalue weighted by molar-refractivity contribution is 9.10. The third-order valence-electron chi connectivity index (χ3n) is 3.92. The molecule has 2 atom stereocenters. The summed E-state index contributed by atoms with van der Waals surface area (Å²) in [6, 6.07) is 7.04. The minimum Gasteiger partial charge on any atom is -0.325 e. The van der Waals surface area contributed by atoms with Crippen molar-refractivity contribution in [3.63, 3.8) is 0 Å². The number of para-hydroxylation sites is 1. The third kappa shape index (κ3) is 3.49. The number of alkyl halides is 3. The van der Waals surface area contributed by atoms with Crippen molar-refractivity contribution in [3.8, 4) is 0 Å². The van der Waals surface area contributed by atoms with Crippen LogP contribution in [0.3, 0.4) is 0 Å². The number of halogens is 5. The van der Waals surface area contributed by atoms with Crippen molar-refractivity contribution in [2.45, 2.75) is 20.0 Å². The fraction of sp³-hybridized carbons (Fsp3) is 0.400. The number of anilines is 1. The van der Waals surface area contributed by atoms with Crippen molar-refractivity contribution < 1.29 is 18.0 Å². The van der Waals surface area contributed by atoms with Crippen LogP contribution < -0.4 is 5.32 Å². The smallest absolute Gasteiger partial charge is 0.325 e. The summed E-state index contributed by atoms with van der Waals surface area (Å²) in [4.78, 5) is 12.3. The monoisotopic (exact) mass is 395 g/mol. The lowest BCUT2D eigenvalue weighted by molar-refractivity contribution is -0.118. The molecule has 0 radical (unpaired) electrons. The molecule has 0 saturated heterocycles. The second kappa shape index (κ2) is 5.89. The van der Waals surface area contributed by atoms with Crippen molar-refractivity contribution in [3.05, 3.63) is 39.8 Å². The molecule has 1 aromatic carbocycles. The predicted octanol–water partition coefficient (Wildman–Crippen LogP) is 5.34. The Hall–Kier alpha value is -1.01. The van der Waals surface area contributed by atoms with Gasteiger partial charge in [0.1, 0.15) is 5.03 Å². The summed E-state index contributed by atoms with van der Waals surface area (Å²) in [7, 11) is 0. The maximum absolute atomic E-state index is 12.5. The van der Waals surface area contributed by atoms with Gasteiger partial charge in [-0.2, -0.15) is 13.2 Å². The van der Waals surface area contributed by atoms with Crippen LogP contribution in [0.2, 0.25) is 0 Å². The fourth-order valence-corrected chi connectivity index (χ4v) is 3.03. The number of carbonyl (C=O) groups is 1. The summed E-state index contributed by atoms with van der Waals surface area (Å²) in [6.07, 6.45) is -3.64. The Labute approximate surface area is 139 Å². The molecule has 1 fully saturated rings. The van der Waals surface area contributed by atoms with Gasteiger partial charge in [0.05, 0.1) is 11.6 Å². The molecule has 1 aliphatic carbocycles. The topological polar surface area (TPSA) is 29.1 Å². The van der Waals surface area contributed by atoms with Crippen LogP contribution >= 0.6 is 27.5 Å². The van der Waals surface area contributed by atoms with Crippen LogP contribution in [0.5, 0.6) is 0 Å². The molecule has 1 saturated carbocycles. The van der Waals surface area contributed by atoms with Gasteiger partial charge < -0.3 is 5.32 Å². The van der Waals surface area contributed by atoms with Crippen molar-refractivity contribution in [2.24, 2.45) is 17.3 Å². The van der Waals surface area contributed by atoms with Crippen LogP contribution in [0.15, 0.2) is 39.8 Å². The molecule has 2 nitrogen and oxygen atoms in total. The second-order valence-electron chi connectivity index (χ2n) is 5.81. The maximum Gasteiger partial charge on any atom is 0.426 e. The highest BCUT2D eigenvalue weighted by Gasteiger charge is 2.61. The van der Waals surface area contributed by atoms with Crippen LogP contribution in [-0.2, 0) is 4.79 Å². The maximum atomic E-state index is 12.5. The van der Waals surface area contributed by atoms with E-state index < -0.39 is 28.5 Å². The van der Waals surface area contributed by atoms with Crippen molar-refractivity contribution >= 4 is 39.1 Å². The summed E-state index contributed by atoms with van der Waals surface area (Å²) in [6.45, 7) is 3.50. The number of amides is 1. The Bertz CT molecular complexity index is 627. The Morgan fingerprint density at radius 1 is 1.36 bits per heavy atom. The minimum atomic E-state index is -4.58. The second-order valence-corrected chi connectivity index (χ2v) is 7.07. The van der Waals surface area contributed by atoms with Gasteiger partial charge in [-0.3, -0.25) is 4.79 Å². The van der Waals surface area contributed by atoms with Gasteiger partial charge in [-0.1, -0.05) is 43.7 Å². The van der Waals surface area contributed by atoms with E-state index in [-0.39, 0.29) is 5.91 Å². The van der Waals surface area contributed by atoms with Crippen LogP contribution in [-0.4, -0.2) is 12.1 Å². The number of benzene rings is 1. The van der Waals surface area contributed by atoms with E-state index in [9.17, 15) is 18.0 Å². The van der Waals surface area contributed by atoms with Crippen LogP contribution in [0.4, 0.5) is 18.9 Å². The zero-order valence-corrected chi connectivity index (χ0v) is 14.2. The minimum absolute atomic E-state index is 0.315. The molecule has 1 amide bonds. The molecule has 0 bridgehead atoms. The van der Waals surface area contributed by atoms with E-state index in [0.717, 1.165) is 6.08 Å². The SMILES string of the molecule is CC1(C)[C@H](C(=O)Nc2ccccc2Br)[C@@H]1/C=C(\Cl)C(F)(F)F. The molecule has 0 spiro atoms. The first-order valence-electron chi connectivity index (χ1n) is 6.55. The molecule has 0 heterocycles. The number of hydrogen-bond donors (Lipinski definition) is 1. The van der Waals surface area contributed by atoms with E-state index >= 15 is 0 Å². The van der Waals surface area contributed by atoms with Crippen LogP contribution in [0.25, 0.3) is 0 Å². The van der Waals surface area contributed by atoms with Gasteiger partial charge in [0.2, 0.25) is 5.91 Å². The van der Waals surface area contributed by atoms with Crippen LogP contribution in [0, 0.1) is 17.3 Å². The Morgan fingerprint density at radius 3 is 2.50 bits per heavy atom. The molecular formula is C15H14BrClF3NO. The lowest BCUT2D eigenvalue weighted by atomic mass is 10.1. The van der Waals surface area contributed by atoms with Gasteiger partial charge in [0.25, 0.3) is 0 Å². The molecule has 1 N–H and O–H groups in total. The molecule has 22 heavy (non-hydrogen) atoms. The van der Waals surface area contributed by atoms with Crippen molar-refractivity contribution in [1.29, 1.82) is 0 Å². The summed E-state index contributed by atoms with van der Waals surface area (Å²) >= 11 is 8.58. The van der Waals surface area contributed by atoms with Gasteiger partial charge in [-0.05, 0) is 39.4 Å². The van der Waals surface area contributed by atoms with E-state index in [2.05, 4.69) is 21.2 Å². The number of rotatable bonds is 3. The normalized spacial score (nSPS) is 24.0. The quantitative estimate of drug-likeness (QED) is 0.733. The van der Waals surface area contributed by atoms with E-state index in [1.807, 2.05) is 0 Å². The Morgan fingerprint density at radius 2 is 1.95 bits per heavy atom. The Balaban J connectivity index is 2.13. The molecule has 120 valence electrons. The molecule has 0 aliphatic heterocycles. The molecule has 1 aromatic rings. The first-order valence-corrected chi connectivity index (χ1v) is 7.72. The van der Waals surface area contributed by atoms with Gasteiger partial charge in [0, 0.05) is 4.47 Å². The molecule has 2 rings (SSSR count). The number of nitrogens with one attached hydrogen (secondary N) is 1. The number of hydrogen-bond acceptors (Lipinski definition) is 1. The molecule has 0 aromatic heterocycles. The van der Waals surface area contributed by atoms with Gasteiger partial charge >= 0.3 is 6.18 Å². The van der Waals surface area contributed by atoms with E-state index in [0.29, 0.717) is 10.2 Å². The predicted molar refractivity (Wildman–Crippen MR) is 83.5 cm³/mol. The highest BCUT2D eigenvalue weighted by atomic mass is 79.9. The summed E-state index contributed by atoms with van der Waals surface area (Å²) < 4.78 is 38.2. The first kappa shape index (κ1) is 17.3. The summed E-state index contributed by atoms with van der Waals surface area (Å²) in [5, 5.41) is 1.55. The standard InChI is InChI=1S/C15H14BrClF3NO/c1-14(2)8(7-11(17)15(18,19)20)12(14)13(22)21-10-6-4-3-5-9(10)16/h3-8,12H,1-2H3,(H,21,22)/b11-7-/t8-,12-/m0/s1. The summed E-state index contributed by atoms with van der Waals surface area (Å²) in [5.41, 5.74) is 0.0244. The zero-order valence-electron chi connectivity index (χ0n) is 11.8. The van der Waals surface area contributed by atoms with Gasteiger partial charge in [0.15, 0.2) is 0 Å². The van der Waals surface area contributed by atoms with E-state index in [4.69, 9.17) is 11.6 Å². The molecule has 1 aliphatic rings. The number of allylic oxidation sites excluding steroid dienone is 2. The van der Waals surface area contributed by atoms with E-state index in [1.165, 1.54) is 0 Å². The Kier molecular flexibility index (Phi) is 4.64. The van der Waals surface area contributed by atoms with Crippen molar-refractivity contribution in [2.75, 3.05) is 5.32 Å². The van der Waals surface area contributed by atoms with Gasteiger partial charge in [-0.25, -0.2) is 0 Å². The van der Waals surface area contributed by atoms with E-state index in [1.54, 1.807) is 38.1 Å². The lowest BCUT2D eigenvalue weighted by Crippen LogP contribution is -2.17. The molecular weight excluding hydrogens is 383 g/mol. The van der Waals surface area contributed by atoms with Crippen molar-refractivity contribution in [1.82, 2.24) is 0 Å². The van der Waals surface area contributed by atoms with Crippen LogP contribution in [0.1, 0.15) is 13.8 Å². The largest absolute Gasteiger partial charge is 0.426 e. The molecule has 7 heteroatoms.